The number of ether oxygens (including phenoxy) is 1. The highest BCUT2D eigenvalue weighted by atomic mass is 16.6. The van der Waals surface area contributed by atoms with E-state index in [4.69, 9.17) is 4.74 Å². The van der Waals surface area contributed by atoms with Crippen LogP contribution in [0.1, 0.15) is 32.4 Å². The molecule has 0 aliphatic rings. The molecule has 0 fully saturated rings. The van der Waals surface area contributed by atoms with Gasteiger partial charge in [0.1, 0.15) is 17.8 Å². The third kappa shape index (κ3) is 4.15. The van der Waals surface area contributed by atoms with Crippen LogP contribution >= 0.6 is 0 Å². The average molecular weight is 308 g/mol. The van der Waals surface area contributed by atoms with E-state index in [0.717, 1.165) is 0 Å². The molecule has 2 aromatic heterocycles. The highest BCUT2D eigenvalue weighted by molar-refractivity contribution is 5.70. The predicted molar refractivity (Wildman–Crippen MR) is 79.1 cm³/mol. The van der Waals surface area contributed by atoms with E-state index in [-0.39, 0.29) is 6.54 Å². The molecule has 1 amide bonds. The van der Waals surface area contributed by atoms with E-state index in [2.05, 4.69) is 20.3 Å². The maximum Gasteiger partial charge on any atom is 0.407 e. The number of fused-ring (bicyclic) bond motifs is 1. The molecule has 0 saturated heterocycles. The summed E-state index contributed by atoms with van der Waals surface area (Å²) >= 11 is 0. The van der Waals surface area contributed by atoms with Crippen LogP contribution in [-0.2, 0) is 4.74 Å². The van der Waals surface area contributed by atoms with Crippen molar-refractivity contribution in [2.24, 2.45) is 0 Å². The average Bonchev–Trinajstić information content (AvgIpc) is 2.89. The van der Waals surface area contributed by atoms with E-state index in [1.165, 1.54) is 12.5 Å². The van der Waals surface area contributed by atoms with E-state index in [1.807, 2.05) is 0 Å². The number of rotatable bonds is 4. The van der Waals surface area contributed by atoms with Crippen LogP contribution in [0.3, 0.4) is 0 Å². The SMILES string of the molecule is CC(C)(C)OC(=O)NCC(O)C(O)c1cnc2nc[nH]c2c1. The predicted octanol–water partition coefficient (Wildman–Crippen LogP) is 0.877. The smallest absolute Gasteiger partial charge is 0.407 e. The normalized spacial score (nSPS) is 14.6. The second-order valence-corrected chi connectivity index (χ2v) is 5.94. The van der Waals surface area contributed by atoms with Crippen LogP contribution in [0.5, 0.6) is 0 Å². The molecule has 2 aromatic rings. The molecule has 8 heteroatoms. The Bertz CT molecular complexity index is 650. The molecule has 2 rings (SSSR count). The van der Waals surface area contributed by atoms with Crippen molar-refractivity contribution < 1.29 is 19.7 Å². The first-order chi connectivity index (χ1) is 10.3. The summed E-state index contributed by atoms with van der Waals surface area (Å²) in [5.41, 5.74) is 0.986. The maximum absolute atomic E-state index is 11.5. The highest BCUT2D eigenvalue weighted by Gasteiger charge is 2.22. The first kappa shape index (κ1) is 16.2. The Kier molecular flexibility index (Phi) is 4.62. The van der Waals surface area contributed by atoms with Gasteiger partial charge in [-0.25, -0.2) is 14.8 Å². The molecule has 0 saturated carbocycles. The maximum atomic E-state index is 11.5. The van der Waals surface area contributed by atoms with E-state index >= 15 is 0 Å². The molecule has 2 heterocycles. The van der Waals surface area contributed by atoms with Gasteiger partial charge in [0.25, 0.3) is 0 Å². The summed E-state index contributed by atoms with van der Waals surface area (Å²) in [4.78, 5) is 22.4. The Morgan fingerprint density at radius 2 is 2.14 bits per heavy atom. The quantitative estimate of drug-likeness (QED) is 0.665. The summed E-state index contributed by atoms with van der Waals surface area (Å²) in [5.74, 6) is 0. The molecule has 0 aliphatic carbocycles. The third-order valence-electron chi connectivity index (χ3n) is 2.86. The lowest BCUT2D eigenvalue weighted by molar-refractivity contribution is 0.0128. The number of hydrogen-bond acceptors (Lipinski definition) is 6. The summed E-state index contributed by atoms with van der Waals surface area (Å²) < 4.78 is 5.05. The zero-order valence-electron chi connectivity index (χ0n) is 12.7. The van der Waals surface area contributed by atoms with Crippen molar-refractivity contribution in [3.8, 4) is 0 Å². The Hall–Kier alpha value is -2.19. The van der Waals surface area contributed by atoms with Gasteiger partial charge in [-0.1, -0.05) is 0 Å². The van der Waals surface area contributed by atoms with Crippen molar-refractivity contribution in [2.75, 3.05) is 6.54 Å². The fourth-order valence-corrected chi connectivity index (χ4v) is 1.84. The minimum Gasteiger partial charge on any atom is -0.444 e. The molecule has 2 atom stereocenters. The molecule has 120 valence electrons. The van der Waals surface area contributed by atoms with Gasteiger partial charge in [0.15, 0.2) is 5.65 Å². The van der Waals surface area contributed by atoms with Crippen LogP contribution in [0.15, 0.2) is 18.6 Å². The number of H-pyrrole nitrogens is 1. The lowest BCUT2D eigenvalue weighted by atomic mass is 10.1. The van der Waals surface area contributed by atoms with E-state index in [1.54, 1.807) is 26.8 Å². The summed E-state index contributed by atoms with van der Waals surface area (Å²) in [6, 6.07) is 1.65. The van der Waals surface area contributed by atoms with Crippen molar-refractivity contribution in [2.45, 2.75) is 38.6 Å². The van der Waals surface area contributed by atoms with Gasteiger partial charge in [-0.05, 0) is 26.8 Å². The van der Waals surface area contributed by atoms with Gasteiger partial charge in [-0.2, -0.15) is 0 Å². The molecule has 8 nitrogen and oxygen atoms in total. The Morgan fingerprint density at radius 3 is 2.82 bits per heavy atom. The summed E-state index contributed by atoms with van der Waals surface area (Å²) in [7, 11) is 0. The number of hydrogen-bond donors (Lipinski definition) is 4. The fraction of sp³-hybridized carbons (Fsp3) is 0.500. The molecule has 0 radical (unpaired) electrons. The third-order valence-corrected chi connectivity index (χ3v) is 2.86. The van der Waals surface area contributed by atoms with Crippen LogP contribution in [0.4, 0.5) is 4.79 Å². The largest absolute Gasteiger partial charge is 0.444 e. The van der Waals surface area contributed by atoms with Crippen molar-refractivity contribution in [1.29, 1.82) is 0 Å². The number of carbonyl (C=O) groups excluding carboxylic acids is 1. The summed E-state index contributed by atoms with van der Waals surface area (Å²) in [5, 5.41) is 22.5. The number of pyridine rings is 1. The van der Waals surface area contributed by atoms with Gasteiger partial charge in [-0.3, -0.25) is 0 Å². The Morgan fingerprint density at radius 1 is 1.41 bits per heavy atom. The molecular formula is C14H20N4O4. The second-order valence-electron chi connectivity index (χ2n) is 5.94. The molecule has 0 spiro atoms. The number of aromatic nitrogens is 3. The van der Waals surface area contributed by atoms with Crippen molar-refractivity contribution in [3.63, 3.8) is 0 Å². The van der Waals surface area contributed by atoms with Crippen LogP contribution in [-0.4, -0.2) is 49.5 Å². The van der Waals surface area contributed by atoms with Crippen molar-refractivity contribution in [3.05, 3.63) is 24.2 Å². The zero-order valence-corrected chi connectivity index (χ0v) is 12.7. The molecule has 0 bridgehead atoms. The van der Waals surface area contributed by atoms with Crippen LogP contribution in [0.25, 0.3) is 11.2 Å². The summed E-state index contributed by atoms with van der Waals surface area (Å²) in [6.45, 7) is 5.08. The van der Waals surface area contributed by atoms with Gasteiger partial charge in [0.2, 0.25) is 0 Å². The number of alkyl carbamates (subject to hydrolysis) is 1. The van der Waals surface area contributed by atoms with Gasteiger partial charge >= 0.3 is 6.09 Å². The number of nitrogens with one attached hydrogen (secondary N) is 2. The second kappa shape index (κ2) is 6.29. The first-order valence-electron chi connectivity index (χ1n) is 6.88. The van der Waals surface area contributed by atoms with Crippen LogP contribution < -0.4 is 5.32 Å². The van der Waals surface area contributed by atoms with Gasteiger partial charge < -0.3 is 25.3 Å². The molecular weight excluding hydrogens is 288 g/mol. The number of aliphatic hydroxyl groups is 2. The molecule has 0 aliphatic heterocycles. The Labute approximate surface area is 127 Å². The van der Waals surface area contributed by atoms with Crippen molar-refractivity contribution in [1.82, 2.24) is 20.3 Å². The van der Waals surface area contributed by atoms with E-state index in [0.29, 0.717) is 16.7 Å². The van der Waals surface area contributed by atoms with Crippen molar-refractivity contribution >= 4 is 17.3 Å². The number of amides is 1. The monoisotopic (exact) mass is 308 g/mol. The Balaban J connectivity index is 1.94. The lowest BCUT2D eigenvalue weighted by Crippen LogP contribution is -2.38. The molecule has 2 unspecified atom stereocenters. The number of aliphatic hydroxyl groups excluding tert-OH is 2. The number of aromatic amines is 1. The summed E-state index contributed by atoms with van der Waals surface area (Å²) in [6.07, 6.45) is -0.0931. The molecule has 0 aromatic carbocycles. The zero-order chi connectivity index (χ0) is 16.3. The lowest BCUT2D eigenvalue weighted by Gasteiger charge is -2.22. The van der Waals surface area contributed by atoms with Gasteiger partial charge in [0, 0.05) is 18.3 Å². The van der Waals surface area contributed by atoms with E-state index < -0.39 is 23.9 Å². The minimum atomic E-state index is -1.19. The fourth-order valence-electron chi connectivity index (χ4n) is 1.84. The first-order valence-corrected chi connectivity index (χ1v) is 6.88. The number of nitrogens with zero attached hydrogens (tertiary/aromatic N) is 2. The number of imidazole rings is 1. The van der Waals surface area contributed by atoms with Crippen LogP contribution in [0, 0.1) is 0 Å². The molecule has 22 heavy (non-hydrogen) atoms. The van der Waals surface area contributed by atoms with E-state index in [9.17, 15) is 15.0 Å². The topological polar surface area (TPSA) is 120 Å². The standard InChI is InChI=1S/C14H20N4O4/c1-14(2,3)22-13(21)16-6-10(19)11(20)8-4-9-12(15-5-8)18-7-17-9/h4-5,7,10-11,19-20H,6H2,1-3H3,(H,16,21)(H,15,17,18). The van der Waals surface area contributed by atoms with Crippen LogP contribution in [0.2, 0.25) is 0 Å². The van der Waals surface area contributed by atoms with Gasteiger partial charge in [-0.15, -0.1) is 0 Å². The van der Waals surface area contributed by atoms with Gasteiger partial charge in [0.05, 0.1) is 11.8 Å². The highest BCUT2D eigenvalue weighted by Crippen LogP contribution is 2.19. The minimum absolute atomic E-state index is 0.142. The molecule has 4 N–H and O–H groups in total. The number of carbonyl (C=O) groups is 1.